The second kappa shape index (κ2) is 8.14. The lowest BCUT2D eigenvalue weighted by Gasteiger charge is -2.05. The van der Waals surface area contributed by atoms with Crippen molar-refractivity contribution in [3.05, 3.63) is 54.2 Å². The summed E-state index contributed by atoms with van der Waals surface area (Å²) in [6.45, 7) is -0.0206. The molecule has 0 unspecified atom stereocenters. The molecule has 4 rings (SSSR count). The van der Waals surface area contributed by atoms with Crippen LogP contribution in [0, 0.1) is 5.82 Å². The van der Waals surface area contributed by atoms with E-state index >= 15 is 0 Å². The Morgan fingerprint density at radius 2 is 1.87 bits per heavy atom. The molecule has 1 aliphatic rings. The van der Waals surface area contributed by atoms with Crippen molar-refractivity contribution in [1.29, 1.82) is 0 Å². The highest BCUT2D eigenvalue weighted by Gasteiger charge is 2.43. The van der Waals surface area contributed by atoms with E-state index in [0.717, 1.165) is 11.8 Å². The lowest BCUT2D eigenvalue weighted by molar-refractivity contribution is -0.286. The molecule has 1 N–H and O–H groups in total. The molecule has 1 aromatic heterocycles. The Labute approximate surface area is 171 Å². The van der Waals surface area contributed by atoms with Gasteiger partial charge in [0.15, 0.2) is 18.1 Å². The van der Waals surface area contributed by atoms with Crippen LogP contribution >= 0.6 is 11.8 Å². The largest absolute Gasteiger partial charge is 0.586 e. The van der Waals surface area contributed by atoms with Crippen LogP contribution in [0.2, 0.25) is 0 Å². The molecule has 0 saturated heterocycles. The number of carbonyl (C=O) groups is 1. The summed E-state index contributed by atoms with van der Waals surface area (Å²) >= 11 is 0.984. The van der Waals surface area contributed by atoms with Crippen molar-refractivity contribution in [3.63, 3.8) is 0 Å². The number of fused-ring (bicyclic) bond motifs is 1. The zero-order chi connectivity index (χ0) is 21.1. The minimum absolute atomic E-state index is 0.0206. The number of carbonyl (C=O) groups excluding carboxylic acids is 1. The molecule has 156 valence electrons. The molecule has 3 aromatic rings. The van der Waals surface area contributed by atoms with Gasteiger partial charge in [-0.15, -0.1) is 19.0 Å². The van der Waals surface area contributed by atoms with Crippen LogP contribution in [0.5, 0.6) is 17.2 Å². The highest BCUT2D eigenvalue weighted by atomic mass is 32.2. The first-order valence-electron chi connectivity index (χ1n) is 8.40. The van der Waals surface area contributed by atoms with E-state index in [4.69, 9.17) is 9.15 Å². The molecule has 2 aromatic carbocycles. The van der Waals surface area contributed by atoms with E-state index in [0.29, 0.717) is 5.75 Å². The van der Waals surface area contributed by atoms with Gasteiger partial charge < -0.3 is 23.9 Å². The third-order valence-corrected chi connectivity index (χ3v) is 4.45. The maximum Gasteiger partial charge on any atom is 0.586 e. The van der Waals surface area contributed by atoms with E-state index in [1.165, 1.54) is 42.5 Å². The highest BCUT2D eigenvalue weighted by Crippen LogP contribution is 2.42. The summed E-state index contributed by atoms with van der Waals surface area (Å²) < 4.78 is 58.3. The van der Waals surface area contributed by atoms with Crippen molar-refractivity contribution < 1.29 is 36.6 Å². The number of rotatable bonds is 7. The molecule has 2 heterocycles. The molecular weight excluding hydrogens is 427 g/mol. The number of nitrogens with one attached hydrogen (secondary N) is 1. The van der Waals surface area contributed by atoms with Gasteiger partial charge in [0.2, 0.25) is 5.91 Å². The fraction of sp³-hybridized carbons (Fsp3) is 0.167. The molecule has 0 spiro atoms. The van der Waals surface area contributed by atoms with Crippen LogP contribution in [-0.2, 0) is 11.4 Å². The summed E-state index contributed by atoms with van der Waals surface area (Å²) in [7, 11) is 0. The van der Waals surface area contributed by atoms with E-state index < -0.39 is 12.2 Å². The number of hydrogen-bond donors (Lipinski definition) is 1. The minimum atomic E-state index is -3.73. The maximum absolute atomic E-state index is 13.0. The van der Waals surface area contributed by atoms with Gasteiger partial charge in [0.05, 0.1) is 5.75 Å². The number of ether oxygens (including phenoxy) is 3. The summed E-state index contributed by atoms with van der Waals surface area (Å²) in [6.07, 6.45) is -3.73. The summed E-state index contributed by atoms with van der Waals surface area (Å²) in [5.41, 5.74) is 0.263. The predicted molar refractivity (Wildman–Crippen MR) is 97.0 cm³/mol. The number of halogens is 3. The molecule has 30 heavy (non-hydrogen) atoms. The van der Waals surface area contributed by atoms with Crippen LogP contribution < -0.4 is 19.5 Å². The lowest BCUT2D eigenvalue weighted by Crippen LogP contribution is -2.25. The Kier molecular flexibility index (Phi) is 5.40. The third-order valence-electron chi connectivity index (χ3n) is 3.64. The third kappa shape index (κ3) is 4.95. The number of alkyl halides is 2. The first-order chi connectivity index (χ1) is 14.4. The van der Waals surface area contributed by atoms with Gasteiger partial charge in [-0.25, -0.2) is 4.39 Å². The SMILES string of the molecule is O=C(CSc1nnc(COc2ccc(F)cc2)o1)Nc1ccc2c(c1)OC(F)(F)O2. The fourth-order valence-corrected chi connectivity index (χ4v) is 2.96. The van der Waals surface area contributed by atoms with E-state index in [1.807, 2.05) is 0 Å². The number of benzene rings is 2. The number of aromatic nitrogens is 2. The summed E-state index contributed by atoms with van der Waals surface area (Å²) in [4.78, 5) is 12.1. The monoisotopic (exact) mass is 439 g/mol. The quantitative estimate of drug-likeness (QED) is 0.555. The standard InChI is InChI=1S/C18H12F3N3O5S/c19-10-1-4-12(5-2-10)26-8-16-23-24-17(27-16)30-9-15(25)22-11-3-6-13-14(7-11)29-18(20,21)28-13/h1-7H,8-9H2,(H,22,25). The van der Waals surface area contributed by atoms with Gasteiger partial charge >= 0.3 is 6.29 Å². The number of amides is 1. The van der Waals surface area contributed by atoms with Gasteiger partial charge in [-0.1, -0.05) is 11.8 Å². The van der Waals surface area contributed by atoms with Crippen LogP contribution in [0.3, 0.4) is 0 Å². The van der Waals surface area contributed by atoms with Crippen molar-refractivity contribution in [1.82, 2.24) is 10.2 Å². The topological polar surface area (TPSA) is 95.7 Å². The Morgan fingerprint density at radius 3 is 2.67 bits per heavy atom. The van der Waals surface area contributed by atoms with Gasteiger partial charge in [-0.05, 0) is 36.4 Å². The minimum Gasteiger partial charge on any atom is -0.484 e. The lowest BCUT2D eigenvalue weighted by atomic mass is 10.3. The second-order valence-electron chi connectivity index (χ2n) is 5.87. The van der Waals surface area contributed by atoms with E-state index in [9.17, 15) is 18.0 Å². The van der Waals surface area contributed by atoms with Crippen LogP contribution in [-0.4, -0.2) is 28.2 Å². The molecule has 0 aliphatic carbocycles. The normalized spacial score (nSPS) is 13.8. The van der Waals surface area contributed by atoms with Gasteiger partial charge in [0, 0.05) is 11.8 Å². The molecule has 8 nitrogen and oxygen atoms in total. The van der Waals surface area contributed by atoms with Crippen molar-refractivity contribution >= 4 is 23.4 Å². The zero-order valence-electron chi connectivity index (χ0n) is 14.9. The van der Waals surface area contributed by atoms with Crippen LogP contribution in [0.1, 0.15) is 5.89 Å². The predicted octanol–water partition coefficient (Wildman–Crippen LogP) is 3.84. The number of thioether (sulfide) groups is 1. The Morgan fingerprint density at radius 1 is 1.10 bits per heavy atom. The van der Waals surface area contributed by atoms with Crippen molar-refractivity contribution in [3.8, 4) is 17.2 Å². The molecule has 0 atom stereocenters. The molecule has 1 aliphatic heterocycles. The molecule has 1 amide bonds. The summed E-state index contributed by atoms with van der Waals surface area (Å²) in [6, 6.07) is 9.35. The van der Waals surface area contributed by atoms with Crippen molar-refractivity contribution in [2.45, 2.75) is 18.1 Å². The molecule has 0 radical (unpaired) electrons. The van der Waals surface area contributed by atoms with E-state index in [2.05, 4.69) is 25.0 Å². The van der Waals surface area contributed by atoms with Crippen LogP contribution in [0.4, 0.5) is 18.9 Å². The van der Waals surface area contributed by atoms with Gasteiger partial charge in [-0.2, -0.15) is 0 Å². The van der Waals surface area contributed by atoms with Crippen molar-refractivity contribution in [2.24, 2.45) is 0 Å². The number of nitrogens with zero attached hydrogens (tertiary/aromatic N) is 2. The molecule has 0 fully saturated rings. The molecular formula is C18H12F3N3O5S. The number of anilines is 1. The Bertz CT molecular complexity index is 1060. The zero-order valence-corrected chi connectivity index (χ0v) is 15.7. The van der Waals surface area contributed by atoms with Crippen LogP contribution in [0.25, 0.3) is 0 Å². The number of hydrogen-bond acceptors (Lipinski definition) is 8. The van der Waals surface area contributed by atoms with E-state index in [1.54, 1.807) is 0 Å². The smallest absolute Gasteiger partial charge is 0.484 e. The summed E-state index contributed by atoms with van der Waals surface area (Å²) in [5.74, 6) is -0.542. The van der Waals surface area contributed by atoms with Gasteiger partial charge in [0.25, 0.3) is 11.1 Å². The average Bonchev–Trinajstić information content (AvgIpc) is 3.28. The Balaban J connectivity index is 1.25. The van der Waals surface area contributed by atoms with Gasteiger partial charge in [0.1, 0.15) is 11.6 Å². The molecule has 0 bridgehead atoms. The first-order valence-corrected chi connectivity index (χ1v) is 9.38. The first kappa shape index (κ1) is 19.9. The average molecular weight is 439 g/mol. The van der Waals surface area contributed by atoms with Crippen LogP contribution in [0.15, 0.2) is 52.1 Å². The summed E-state index contributed by atoms with van der Waals surface area (Å²) in [5, 5.41) is 10.3. The second-order valence-corrected chi connectivity index (χ2v) is 6.80. The van der Waals surface area contributed by atoms with Gasteiger partial charge in [-0.3, -0.25) is 4.79 Å². The molecule has 12 heteroatoms. The van der Waals surface area contributed by atoms with Crippen molar-refractivity contribution in [2.75, 3.05) is 11.1 Å². The van der Waals surface area contributed by atoms with E-state index in [-0.39, 0.29) is 46.5 Å². The maximum atomic E-state index is 13.0. The fourth-order valence-electron chi connectivity index (χ4n) is 2.38. The molecule has 0 saturated carbocycles. The highest BCUT2D eigenvalue weighted by molar-refractivity contribution is 7.99. The Hall–Kier alpha value is -3.41.